The topological polar surface area (TPSA) is 79.7 Å². The van der Waals surface area contributed by atoms with Gasteiger partial charge in [0.2, 0.25) is 0 Å². The first kappa shape index (κ1) is 16.7. The van der Waals surface area contributed by atoms with Crippen molar-refractivity contribution < 1.29 is 19.4 Å². The van der Waals surface area contributed by atoms with E-state index in [0.717, 1.165) is 17.3 Å². The van der Waals surface area contributed by atoms with Crippen LogP contribution in [0.15, 0.2) is 22.8 Å². The van der Waals surface area contributed by atoms with Crippen molar-refractivity contribution in [3.63, 3.8) is 0 Å². The molecular weight excluding hydrogens is 352 g/mol. The van der Waals surface area contributed by atoms with Gasteiger partial charge in [-0.2, -0.15) is 0 Å². The van der Waals surface area contributed by atoms with Crippen LogP contribution in [0.3, 0.4) is 0 Å². The van der Waals surface area contributed by atoms with Crippen LogP contribution < -0.4 is 0 Å². The first-order valence-electron chi connectivity index (χ1n) is 7.04. The van der Waals surface area contributed by atoms with Crippen molar-refractivity contribution in [1.29, 1.82) is 0 Å². The van der Waals surface area contributed by atoms with Gasteiger partial charge in [0.25, 0.3) is 0 Å². The molecule has 1 N–H and O–H groups in total. The van der Waals surface area contributed by atoms with Gasteiger partial charge in [-0.25, -0.2) is 9.59 Å². The van der Waals surface area contributed by atoms with Gasteiger partial charge in [-0.1, -0.05) is 0 Å². The second-order valence-corrected chi connectivity index (χ2v) is 7.18. The molecule has 120 valence electrons. The second-order valence-electron chi connectivity index (χ2n) is 6.26. The number of aliphatic carboxylic acids is 1. The molecule has 0 aliphatic heterocycles. The third-order valence-corrected chi connectivity index (χ3v) is 3.56. The van der Waals surface area contributed by atoms with E-state index in [9.17, 15) is 14.7 Å². The van der Waals surface area contributed by atoms with Gasteiger partial charge >= 0.3 is 12.1 Å². The predicted molar refractivity (Wildman–Crippen MR) is 83.4 cm³/mol. The molecule has 1 fully saturated rings. The zero-order chi connectivity index (χ0) is 16.5. The number of carboxylic acid groups (broad SMARTS) is 1. The number of pyridine rings is 1. The van der Waals surface area contributed by atoms with Gasteiger partial charge in [0, 0.05) is 16.7 Å². The van der Waals surface area contributed by atoms with Gasteiger partial charge in [-0.3, -0.25) is 9.88 Å². The predicted octanol–water partition coefficient (Wildman–Crippen LogP) is 3.37. The lowest BCUT2D eigenvalue weighted by Gasteiger charge is -2.31. The molecule has 1 aliphatic carbocycles. The number of carbonyl (C=O) groups is 2. The highest BCUT2D eigenvalue weighted by atomic mass is 79.9. The molecule has 1 atom stereocenters. The molecule has 2 rings (SSSR count). The van der Waals surface area contributed by atoms with Crippen LogP contribution in [0.5, 0.6) is 0 Å². The van der Waals surface area contributed by atoms with Crippen molar-refractivity contribution in [2.75, 3.05) is 0 Å². The summed E-state index contributed by atoms with van der Waals surface area (Å²) in [6.45, 7) is 5.26. The maximum absolute atomic E-state index is 12.4. The molecule has 1 heterocycles. The summed E-state index contributed by atoms with van der Waals surface area (Å²) >= 11 is 3.26. The fourth-order valence-electron chi connectivity index (χ4n) is 2.07. The summed E-state index contributed by atoms with van der Waals surface area (Å²) in [6.07, 6.45) is 2.46. The number of amides is 1. The number of carbonyl (C=O) groups excluding carboxylic acids is 1. The molecule has 0 aromatic carbocycles. The van der Waals surface area contributed by atoms with E-state index in [0.29, 0.717) is 5.69 Å². The summed E-state index contributed by atoms with van der Waals surface area (Å²) in [4.78, 5) is 29.6. The van der Waals surface area contributed by atoms with Crippen LogP contribution in [0.25, 0.3) is 0 Å². The SMILES string of the molecule is CC(C)(C)OC(=O)N(C1CC1)C(C(=O)O)c1ccc(Br)cn1. The van der Waals surface area contributed by atoms with Gasteiger partial charge in [0.15, 0.2) is 6.04 Å². The number of halogens is 1. The number of rotatable bonds is 4. The highest BCUT2D eigenvalue weighted by Crippen LogP contribution is 2.35. The molecule has 0 radical (unpaired) electrons. The van der Waals surface area contributed by atoms with Crippen LogP contribution in [0.2, 0.25) is 0 Å². The number of carboxylic acids is 1. The molecule has 1 unspecified atom stereocenters. The van der Waals surface area contributed by atoms with Gasteiger partial charge in [-0.05, 0) is 61.7 Å². The molecular formula is C15H19BrN2O4. The Balaban J connectivity index is 2.32. The zero-order valence-electron chi connectivity index (χ0n) is 12.7. The summed E-state index contributed by atoms with van der Waals surface area (Å²) in [5, 5.41) is 9.59. The van der Waals surface area contributed by atoms with E-state index < -0.39 is 23.7 Å². The summed E-state index contributed by atoms with van der Waals surface area (Å²) in [5.74, 6) is -1.12. The molecule has 1 amide bonds. The first-order chi connectivity index (χ1) is 10.2. The average molecular weight is 371 g/mol. The van der Waals surface area contributed by atoms with Gasteiger partial charge in [0.05, 0.1) is 5.69 Å². The summed E-state index contributed by atoms with van der Waals surface area (Å²) in [5.41, 5.74) is -0.367. The Morgan fingerprint density at radius 1 is 1.41 bits per heavy atom. The normalized spacial score (nSPS) is 16.0. The number of hydrogen-bond acceptors (Lipinski definition) is 4. The van der Waals surface area contributed by atoms with Crippen molar-refractivity contribution in [2.24, 2.45) is 0 Å². The Labute approximate surface area is 137 Å². The van der Waals surface area contributed by atoms with Crippen molar-refractivity contribution in [3.05, 3.63) is 28.5 Å². The number of hydrogen-bond donors (Lipinski definition) is 1. The monoisotopic (exact) mass is 370 g/mol. The molecule has 0 saturated heterocycles. The van der Waals surface area contributed by atoms with Crippen molar-refractivity contribution in [2.45, 2.75) is 51.3 Å². The molecule has 22 heavy (non-hydrogen) atoms. The molecule has 1 aromatic rings. The van der Waals surface area contributed by atoms with Crippen LogP contribution in [-0.4, -0.2) is 38.7 Å². The van der Waals surface area contributed by atoms with Gasteiger partial charge in [0.1, 0.15) is 5.60 Å². The Morgan fingerprint density at radius 3 is 2.45 bits per heavy atom. The highest BCUT2D eigenvalue weighted by Gasteiger charge is 2.44. The molecule has 0 bridgehead atoms. The lowest BCUT2D eigenvalue weighted by Crippen LogP contribution is -2.43. The van der Waals surface area contributed by atoms with Crippen molar-refractivity contribution in [3.8, 4) is 0 Å². The molecule has 7 heteroatoms. The minimum Gasteiger partial charge on any atom is -0.479 e. The van der Waals surface area contributed by atoms with Crippen molar-refractivity contribution in [1.82, 2.24) is 9.88 Å². The lowest BCUT2D eigenvalue weighted by molar-refractivity contribution is -0.143. The van der Waals surface area contributed by atoms with E-state index in [1.807, 2.05) is 0 Å². The fraction of sp³-hybridized carbons (Fsp3) is 0.533. The molecule has 1 aliphatic rings. The van der Waals surface area contributed by atoms with Crippen LogP contribution in [0.4, 0.5) is 4.79 Å². The standard InChI is InChI=1S/C15H19BrN2O4/c1-15(2,3)22-14(21)18(10-5-6-10)12(13(19)20)11-7-4-9(16)8-17-11/h4,7-8,10,12H,5-6H2,1-3H3,(H,19,20). The molecule has 1 aromatic heterocycles. The lowest BCUT2D eigenvalue weighted by atomic mass is 10.1. The maximum atomic E-state index is 12.4. The van der Waals surface area contributed by atoms with E-state index >= 15 is 0 Å². The number of nitrogens with zero attached hydrogens (tertiary/aromatic N) is 2. The minimum atomic E-state index is -1.14. The van der Waals surface area contributed by atoms with Gasteiger partial charge < -0.3 is 9.84 Å². The van der Waals surface area contributed by atoms with E-state index in [1.54, 1.807) is 32.9 Å². The smallest absolute Gasteiger partial charge is 0.411 e. The van der Waals surface area contributed by atoms with E-state index in [1.165, 1.54) is 11.1 Å². The molecule has 0 spiro atoms. The molecule has 1 saturated carbocycles. The Bertz CT molecular complexity index is 564. The van der Waals surface area contributed by atoms with Crippen LogP contribution in [0.1, 0.15) is 45.3 Å². The van der Waals surface area contributed by atoms with Gasteiger partial charge in [-0.15, -0.1) is 0 Å². The fourth-order valence-corrected chi connectivity index (χ4v) is 2.30. The largest absolute Gasteiger partial charge is 0.479 e. The zero-order valence-corrected chi connectivity index (χ0v) is 14.3. The average Bonchev–Trinajstić information content (AvgIpc) is 3.18. The summed E-state index contributed by atoms with van der Waals surface area (Å²) < 4.78 is 6.11. The van der Waals surface area contributed by atoms with Crippen LogP contribution in [-0.2, 0) is 9.53 Å². The summed E-state index contributed by atoms with van der Waals surface area (Å²) in [6, 6.07) is 2.05. The number of ether oxygens (including phenoxy) is 1. The van der Waals surface area contributed by atoms with Crippen LogP contribution >= 0.6 is 15.9 Å². The third-order valence-electron chi connectivity index (χ3n) is 3.09. The molecule has 6 nitrogen and oxygen atoms in total. The Hall–Kier alpha value is -1.63. The van der Waals surface area contributed by atoms with Crippen molar-refractivity contribution >= 4 is 28.0 Å². The minimum absolute atomic E-state index is 0.110. The van der Waals surface area contributed by atoms with Crippen LogP contribution in [0, 0.1) is 0 Å². The first-order valence-corrected chi connectivity index (χ1v) is 7.84. The third kappa shape index (κ3) is 4.19. The highest BCUT2D eigenvalue weighted by molar-refractivity contribution is 9.10. The maximum Gasteiger partial charge on any atom is 0.411 e. The van der Waals surface area contributed by atoms with E-state index in [-0.39, 0.29) is 6.04 Å². The Morgan fingerprint density at radius 2 is 2.05 bits per heavy atom. The second kappa shape index (κ2) is 6.24. The summed E-state index contributed by atoms with van der Waals surface area (Å²) in [7, 11) is 0. The van der Waals surface area contributed by atoms with E-state index in [4.69, 9.17) is 4.74 Å². The quantitative estimate of drug-likeness (QED) is 0.878. The Kier molecular flexibility index (Phi) is 4.75. The van der Waals surface area contributed by atoms with E-state index in [2.05, 4.69) is 20.9 Å². The number of aromatic nitrogens is 1.